The molecule has 0 fully saturated rings. The van der Waals surface area contributed by atoms with Crippen LogP contribution in [-0.2, 0) is 6.61 Å². The van der Waals surface area contributed by atoms with Crippen molar-refractivity contribution in [2.75, 3.05) is 0 Å². The second kappa shape index (κ2) is 5.46. The van der Waals surface area contributed by atoms with Gasteiger partial charge in [0.05, 0.1) is 4.88 Å². The van der Waals surface area contributed by atoms with Gasteiger partial charge in [-0.1, -0.05) is 23.4 Å². The summed E-state index contributed by atoms with van der Waals surface area (Å²) < 4.78 is 10.9. The quantitative estimate of drug-likeness (QED) is 0.727. The Morgan fingerprint density at radius 1 is 1.20 bits per heavy atom. The number of nitrogens with zero attached hydrogens (tertiary/aromatic N) is 2. The largest absolute Gasteiger partial charge is 0.483 e. The van der Waals surface area contributed by atoms with Crippen molar-refractivity contribution in [3.05, 3.63) is 52.7 Å². The molecule has 0 aliphatic rings. The minimum atomic E-state index is 0.280. The first-order valence-electron chi connectivity index (χ1n) is 6.29. The van der Waals surface area contributed by atoms with Gasteiger partial charge in [0, 0.05) is 0 Å². The van der Waals surface area contributed by atoms with Crippen LogP contribution in [0, 0.1) is 13.8 Å². The summed E-state index contributed by atoms with van der Waals surface area (Å²) in [6.45, 7) is 4.38. The summed E-state index contributed by atoms with van der Waals surface area (Å²) in [5.41, 5.74) is 2.33. The van der Waals surface area contributed by atoms with Crippen LogP contribution >= 0.6 is 11.3 Å². The van der Waals surface area contributed by atoms with E-state index in [-0.39, 0.29) is 6.61 Å². The first-order valence-corrected chi connectivity index (χ1v) is 7.17. The lowest BCUT2D eigenvalue weighted by Gasteiger charge is -2.08. The molecule has 5 heteroatoms. The van der Waals surface area contributed by atoms with E-state index in [1.165, 1.54) is 5.56 Å². The topological polar surface area (TPSA) is 48.2 Å². The van der Waals surface area contributed by atoms with Crippen LogP contribution < -0.4 is 4.74 Å². The van der Waals surface area contributed by atoms with Crippen molar-refractivity contribution in [1.29, 1.82) is 0 Å². The van der Waals surface area contributed by atoms with E-state index in [2.05, 4.69) is 23.1 Å². The van der Waals surface area contributed by atoms with Gasteiger partial charge in [-0.2, -0.15) is 4.98 Å². The molecular weight excluding hydrogens is 272 g/mol. The number of aromatic nitrogens is 2. The maximum Gasteiger partial charge on any atom is 0.264 e. The van der Waals surface area contributed by atoms with Crippen molar-refractivity contribution in [3.8, 4) is 16.5 Å². The van der Waals surface area contributed by atoms with E-state index in [0.717, 1.165) is 16.2 Å². The van der Waals surface area contributed by atoms with Crippen LogP contribution in [0.3, 0.4) is 0 Å². The Balaban J connectivity index is 1.71. The van der Waals surface area contributed by atoms with Crippen LogP contribution in [0.2, 0.25) is 0 Å². The standard InChI is InChI=1S/C15H14N2O2S/c1-10-5-3-6-12(11(10)2)18-9-14-16-15(17-19-14)13-7-4-8-20-13/h3-8H,9H2,1-2H3. The second-order valence-corrected chi connectivity index (χ2v) is 5.42. The third kappa shape index (κ3) is 2.58. The Kier molecular flexibility index (Phi) is 3.52. The van der Waals surface area contributed by atoms with Crippen LogP contribution in [0.15, 0.2) is 40.2 Å². The maximum absolute atomic E-state index is 5.74. The van der Waals surface area contributed by atoms with E-state index in [4.69, 9.17) is 9.26 Å². The molecule has 0 aliphatic carbocycles. The molecule has 0 amide bonds. The molecule has 20 heavy (non-hydrogen) atoms. The van der Waals surface area contributed by atoms with Gasteiger partial charge < -0.3 is 9.26 Å². The fraction of sp³-hybridized carbons (Fsp3) is 0.200. The van der Waals surface area contributed by atoms with Gasteiger partial charge >= 0.3 is 0 Å². The predicted molar refractivity (Wildman–Crippen MR) is 77.9 cm³/mol. The normalized spacial score (nSPS) is 10.7. The van der Waals surface area contributed by atoms with Crippen molar-refractivity contribution in [1.82, 2.24) is 10.1 Å². The number of hydrogen-bond acceptors (Lipinski definition) is 5. The van der Waals surface area contributed by atoms with Crippen molar-refractivity contribution in [2.24, 2.45) is 0 Å². The van der Waals surface area contributed by atoms with Crippen LogP contribution in [0.5, 0.6) is 5.75 Å². The van der Waals surface area contributed by atoms with Crippen molar-refractivity contribution in [2.45, 2.75) is 20.5 Å². The first-order chi connectivity index (χ1) is 9.74. The molecule has 0 unspecified atom stereocenters. The van der Waals surface area contributed by atoms with Crippen molar-refractivity contribution in [3.63, 3.8) is 0 Å². The van der Waals surface area contributed by atoms with Crippen molar-refractivity contribution >= 4 is 11.3 Å². The highest BCUT2D eigenvalue weighted by Gasteiger charge is 2.10. The Hall–Kier alpha value is -2.14. The Labute approximate surface area is 121 Å². The smallest absolute Gasteiger partial charge is 0.264 e. The van der Waals surface area contributed by atoms with Gasteiger partial charge in [-0.15, -0.1) is 11.3 Å². The summed E-state index contributed by atoms with van der Waals surface area (Å²) in [7, 11) is 0. The zero-order valence-electron chi connectivity index (χ0n) is 11.3. The molecule has 0 N–H and O–H groups in total. The lowest BCUT2D eigenvalue weighted by atomic mass is 10.1. The van der Waals surface area contributed by atoms with E-state index in [0.29, 0.717) is 11.7 Å². The number of aryl methyl sites for hydroxylation is 1. The number of benzene rings is 1. The molecule has 0 atom stereocenters. The van der Waals surface area contributed by atoms with Crippen LogP contribution in [-0.4, -0.2) is 10.1 Å². The predicted octanol–water partition coefficient (Wildman–Crippen LogP) is 3.99. The van der Waals surface area contributed by atoms with Crippen molar-refractivity contribution < 1.29 is 9.26 Å². The van der Waals surface area contributed by atoms with E-state index < -0.39 is 0 Å². The fourth-order valence-corrected chi connectivity index (χ4v) is 2.49. The average Bonchev–Trinajstić information content (AvgIpc) is 3.10. The molecular formula is C15H14N2O2S. The molecule has 0 saturated heterocycles. The number of thiophene rings is 1. The SMILES string of the molecule is Cc1cccc(OCc2nc(-c3cccs3)no2)c1C. The highest BCUT2D eigenvalue weighted by atomic mass is 32.1. The third-order valence-electron chi connectivity index (χ3n) is 3.12. The Bertz CT molecular complexity index is 704. The zero-order chi connectivity index (χ0) is 13.9. The molecule has 2 aromatic heterocycles. The summed E-state index contributed by atoms with van der Waals surface area (Å²) >= 11 is 1.58. The zero-order valence-corrected chi connectivity index (χ0v) is 12.1. The molecule has 0 aliphatic heterocycles. The molecule has 102 valence electrons. The minimum absolute atomic E-state index is 0.280. The second-order valence-electron chi connectivity index (χ2n) is 4.48. The molecule has 0 bridgehead atoms. The Morgan fingerprint density at radius 3 is 2.90 bits per heavy atom. The molecule has 3 rings (SSSR count). The molecule has 3 aromatic rings. The average molecular weight is 286 g/mol. The lowest BCUT2D eigenvalue weighted by Crippen LogP contribution is -1.98. The molecule has 0 spiro atoms. The third-order valence-corrected chi connectivity index (χ3v) is 3.98. The van der Waals surface area contributed by atoms with Crippen LogP contribution in [0.1, 0.15) is 17.0 Å². The maximum atomic E-state index is 5.74. The highest BCUT2D eigenvalue weighted by molar-refractivity contribution is 7.13. The molecule has 0 saturated carbocycles. The van der Waals surface area contributed by atoms with Gasteiger partial charge in [-0.3, -0.25) is 0 Å². The van der Waals surface area contributed by atoms with Gasteiger partial charge in [0.25, 0.3) is 5.89 Å². The van der Waals surface area contributed by atoms with Gasteiger partial charge in [0.2, 0.25) is 5.82 Å². The van der Waals surface area contributed by atoms with Crippen LogP contribution in [0.25, 0.3) is 10.7 Å². The van der Waals surface area contributed by atoms with Gasteiger partial charge in [0.15, 0.2) is 6.61 Å². The summed E-state index contributed by atoms with van der Waals surface area (Å²) in [5, 5.41) is 5.94. The van der Waals surface area contributed by atoms with Crippen LogP contribution in [0.4, 0.5) is 0 Å². The monoisotopic (exact) mass is 286 g/mol. The number of ether oxygens (including phenoxy) is 1. The van der Waals surface area contributed by atoms with Gasteiger partial charge in [0.1, 0.15) is 5.75 Å². The number of hydrogen-bond donors (Lipinski definition) is 0. The summed E-state index contributed by atoms with van der Waals surface area (Å²) in [6.07, 6.45) is 0. The molecule has 1 aromatic carbocycles. The summed E-state index contributed by atoms with van der Waals surface area (Å²) in [6, 6.07) is 9.90. The van der Waals surface area contributed by atoms with E-state index in [9.17, 15) is 0 Å². The van der Waals surface area contributed by atoms with Gasteiger partial charge in [-0.05, 0) is 42.5 Å². The summed E-state index contributed by atoms with van der Waals surface area (Å²) in [5.74, 6) is 1.94. The lowest BCUT2D eigenvalue weighted by molar-refractivity contribution is 0.241. The molecule has 2 heterocycles. The van der Waals surface area contributed by atoms with E-state index in [1.54, 1.807) is 11.3 Å². The minimum Gasteiger partial charge on any atom is -0.483 e. The van der Waals surface area contributed by atoms with Gasteiger partial charge in [-0.25, -0.2) is 0 Å². The fourth-order valence-electron chi connectivity index (χ4n) is 1.84. The molecule has 4 nitrogen and oxygen atoms in total. The first kappa shape index (κ1) is 12.9. The Morgan fingerprint density at radius 2 is 2.10 bits per heavy atom. The number of rotatable bonds is 4. The summed E-state index contributed by atoms with van der Waals surface area (Å²) in [4.78, 5) is 5.32. The van der Waals surface area contributed by atoms with E-state index in [1.807, 2.05) is 36.6 Å². The van der Waals surface area contributed by atoms with E-state index >= 15 is 0 Å². The molecule has 0 radical (unpaired) electrons. The highest BCUT2D eigenvalue weighted by Crippen LogP contribution is 2.23.